The number of hydrogen-bond donors (Lipinski definition) is 2. The lowest BCUT2D eigenvalue weighted by atomic mass is 10.1. The number of H-pyrrole nitrogens is 1. The summed E-state index contributed by atoms with van der Waals surface area (Å²) in [5, 5.41) is 8.56. The number of nitrogens with zero attached hydrogens (tertiary/aromatic N) is 1. The molecular weight excluding hydrogens is 415 g/mol. The van der Waals surface area contributed by atoms with E-state index in [-0.39, 0.29) is 32.4 Å². The lowest BCUT2D eigenvalue weighted by molar-refractivity contribution is 0.585. The normalized spacial score (nSPS) is 11.3. The van der Waals surface area contributed by atoms with Crippen LogP contribution in [0, 0.1) is 35.7 Å². The average Bonchev–Trinajstić information content (AvgIpc) is 3.11. The number of nitrogens with one attached hydrogen (secondary N) is 2. The van der Waals surface area contributed by atoms with Gasteiger partial charge in [-0.25, -0.2) is 21.6 Å². The Labute approximate surface area is 163 Å². The summed E-state index contributed by atoms with van der Waals surface area (Å²) in [6.45, 7) is 1.53. The fourth-order valence-electron chi connectivity index (χ4n) is 2.50. The van der Waals surface area contributed by atoms with Gasteiger partial charge in [0.15, 0.2) is 0 Å². The first kappa shape index (κ1) is 19.8. The van der Waals surface area contributed by atoms with Gasteiger partial charge in [-0.1, -0.05) is 11.6 Å². The number of aryl methyl sites for hydroxylation is 1. The van der Waals surface area contributed by atoms with Gasteiger partial charge in [-0.05, 0) is 36.8 Å². The number of halogens is 4. The third-order valence-electron chi connectivity index (χ3n) is 3.95. The lowest BCUT2D eigenvalue weighted by Gasteiger charge is -2.09. The average molecular weight is 426 g/mol. The minimum Gasteiger partial charge on any atom is -0.360 e. The van der Waals surface area contributed by atoms with Gasteiger partial charge in [-0.3, -0.25) is 4.72 Å². The maximum absolute atomic E-state index is 14.1. The van der Waals surface area contributed by atoms with Crippen LogP contribution in [0.5, 0.6) is 0 Å². The molecule has 0 saturated carbocycles. The first-order valence-corrected chi connectivity index (χ1v) is 9.55. The number of nitriles is 1. The molecule has 2 N–H and O–H groups in total. The summed E-state index contributed by atoms with van der Waals surface area (Å²) in [4.78, 5) is 2.27. The van der Waals surface area contributed by atoms with E-state index in [0.717, 1.165) is 24.4 Å². The highest BCUT2D eigenvalue weighted by Gasteiger charge is 2.21. The fraction of sp³-hybridized carbons (Fsp3) is 0.0556. The predicted octanol–water partition coefficient (Wildman–Crippen LogP) is 4.73. The van der Waals surface area contributed by atoms with Crippen LogP contribution < -0.4 is 4.72 Å². The number of rotatable bonds is 4. The highest BCUT2D eigenvalue weighted by molar-refractivity contribution is 7.92. The summed E-state index contributed by atoms with van der Waals surface area (Å²) in [7, 11) is -4.22. The van der Waals surface area contributed by atoms with Crippen LogP contribution in [-0.4, -0.2) is 13.4 Å². The van der Waals surface area contributed by atoms with Crippen molar-refractivity contribution in [2.45, 2.75) is 11.8 Å². The van der Waals surface area contributed by atoms with E-state index in [2.05, 4.69) is 9.71 Å². The van der Waals surface area contributed by atoms with Crippen molar-refractivity contribution in [1.29, 1.82) is 5.26 Å². The molecule has 28 heavy (non-hydrogen) atoms. The molecule has 3 rings (SSSR count). The number of anilines is 1. The molecule has 0 atom stereocenters. The Kier molecular flexibility index (Phi) is 5.10. The van der Waals surface area contributed by atoms with Crippen LogP contribution in [0.25, 0.3) is 11.3 Å². The second-order valence-electron chi connectivity index (χ2n) is 5.86. The number of sulfonamides is 1. The molecule has 0 amide bonds. The first-order valence-electron chi connectivity index (χ1n) is 7.69. The van der Waals surface area contributed by atoms with E-state index >= 15 is 0 Å². The van der Waals surface area contributed by atoms with Crippen LogP contribution in [0.2, 0.25) is 5.02 Å². The van der Waals surface area contributed by atoms with Crippen molar-refractivity contribution in [3.05, 3.63) is 70.1 Å². The van der Waals surface area contributed by atoms with E-state index < -0.39 is 27.5 Å². The topological polar surface area (TPSA) is 85.8 Å². The summed E-state index contributed by atoms with van der Waals surface area (Å²) in [6, 6.07) is 6.62. The summed E-state index contributed by atoms with van der Waals surface area (Å²) in [5.74, 6) is -2.80. The van der Waals surface area contributed by atoms with Crippen molar-refractivity contribution >= 4 is 27.3 Å². The SMILES string of the molecule is Cc1cc(NS(=O)(=O)c2c[nH]c(-c3cc(Cl)c(F)cc3F)c2)c(F)cc1C#N. The largest absolute Gasteiger partial charge is 0.360 e. The van der Waals surface area contributed by atoms with E-state index in [1.807, 2.05) is 0 Å². The summed E-state index contributed by atoms with van der Waals surface area (Å²) < 4.78 is 68.5. The first-order chi connectivity index (χ1) is 13.1. The van der Waals surface area contributed by atoms with Crippen LogP contribution in [0.1, 0.15) is 11.1 Å². The molecule has 0 fully saturated rings. The lowest BCUT2D eigenvalue weighted by Crippen LogP contribution is -2.13. The molecule has 1 aromatic heterocycles. The van der Waals surface area contributed by atoms with Crippen molar-refractivity contribution < 1.29 is 21.6 Å². The monoisotopic (exact) mass is 425 g/mol. The van der Waals surface area contributed by atoms with Crippen LogP contribution >= 0.6 is 11.6 Å². The van der Waals surface area contributed by atoms with Gasteiger partial charge in [-0.15, -0.1) is 0 Å². The van der Waals surface area contributed by atoms with Crippen LogP contribution in [0.4, 0.5) is 18.9 Å². The van der Waals surface area contributed by atoms with Crippen LogP contribution in [0.3, 0.4) is 0 Å². The van der Waals surface area contributed by atoms with Crippen molar-refractivity contribution in [1.82, 2.24) is 4.98 Å². The van der Waals surface area contributed by atoms with E-state index in [1.54, 1.807) is 6.07 Å². The number of benzene rings is 2. The fourth-order valence-corrected chi connectivity index (χ4v) is 3.71. The van der Waals surface area contributed by atoms with Gasteiger partial charge >= 0.3 is 0 Å². The van der Waals surface area contributed by atoms with Gasteiger partial charge in [0.2, 0.25) is 0 Å². The van der Waals surface area contributed by atoms with E-state index in [0.29, 0.717) is 11.6 Å². The van der Waals surface area contributed by atoms with Crippen molar-refractivity contribution in [2.24, 2.45) is 0 Å². The zero-order chi connectivity index (χ0) is 20.6. The zero-order valence-electron chi connectivity index (χ0n) is 14.1. The minimum absolute atomic E-state index is 0.0382. The van der Waals surface area contributed by atoms with Crippen LogP contribution in [-0.2, 0) is 10.0 Å². The second kappa shape index (κ2) is 7.22. The predicted molar refractivity (Wildman–Crippen MR) is 97.8 cm³/mol. The quantitative estimate of drug-likeness (QED) is 0.592. The van der Waals surface area contributed by atoms with Gasteiger partial charge in [0.25, 0.3) is 10.0 Å². The Hall–Kier alpha value is -2.96. The molecule has 1 heterocycles. The molecule has 0 unspecified atom stereocenters. The summed E-state index contributed by atoms with van der Waals surface area (Å²) in [6.07, 6.45) is 1.07. The Morgan fingerprint density at radius 3 is 2.46 bits per heavy atom. The molecule has 0 radical (unpaired) electrons. The maximum Gasteiger partial charge on any atom is 0.263 e. The molecule has 0 spiro atoms. The molecule has 0 aliphatic heterocycles. The van der Waals surface area contributed by atoms with Gasteiger partial charge in [0.1, 0.15) is 22.3 Å². The van der Waals surface area contributed by atoms with E-state index in [9.17, 15) is 21.6 Å². The third-order valence-corrected chi connectivity index (χ3v) is 5.58. The van der Waals surface area contributed by atoms with Crippen molar-refractivity contribution in [3.63, 3.8) is 0 Å². The Morgan fingerprint density at radius 2 is 1.79 bits per heavy atom. The molecule has 3 aromatic rings. The number of aromatic amines is 1. The van der Waals surface area contributed by atoms with Gasteiger partial charge in [-0.2, -0.15) is 5.26 Å². The summed E-state index contributed by atoms with van der Waals surface area (Å²) in [5.41, 5.74) is 0.0344. The zero-order valence-corrected chi connectivity index (χ0v) is 15.7. The highest BCUT2D eigenvalue weighted by Crippen LogP contribution is 2.30. The molecule has 0 bridgehead atoms. The maximum atomic E-state index is 14.1. The van der Waals surface area contributed by atoms with Crippen molar-refractivity contribution in [2.75, 3.05) is 4.72 Å². The van der Waals surface area contributed by atoms with Crippen LogP contribution in [0.15, 0.2) is 41.4 Å². The smallest absolute Gasteiger partial charge is 0.263 e. The molecule has 2 aromatic carbocycles. The summed E-state index contributed by atoms with van der Waals surface area (Å²) >= 11 is 5.65. The highest BCUT2D eigenvalue weighted by atomic mass is 35.5. The Bertz CT molecular complexity index is 1230. The Morgan fingerprint density at radius 1 is 1.07 bits per heavy atom. The molecule has 0 saturated heterocycles. The third kappa shape index (κ3) is 3.69. The molecule has 5 nitrogen and oxygen atoms in total. The standard InChI is InChI=1S/C18H11ClF3N3O2S/c1-9-2-18(16(22)3-10(9)7-23)25-28(26,27)11-4-17(24-8-11)12-5-13(19)15(21)6-14(12)20/h2-6,8,24-25H,1H3. The number of hydrogen-bond acceptors (Lipinski definition) is 3. The molecule has 10 heteroatoms. The molecule has 144 valence electrons. The number of aromatic nitrogens is 1. The Balaban J connectivity index is 1.96. The van der Waals surface area contributed by atoms with Gasteiger partial charge in [0, 0.05) is 23.5 Å². The van der Waals surface area contributed by atoms with E-state index in [4.69, 9.17) is 16.9 Å². The van der Waals surface area contributed by atoms with Gasteiger partial charge in [0.05, 0.1) is 22.3 Å². The van der Waals surface area contributed by atoms with Crippen molar-refractivity contribution in [3.8, 4) is 17.3 Å². The minimum atomic E-state index is -4.22. The molecule has 0 aliphatic carbocycles. The molecular formula is C18H11ClF3N3O2S. The van der Waals surface area contributed by atoms with E-state index in [1.165, 1.54) is 13.0 Å². The molecule has 0 aliphatic rings. The van der Waals surface area contributed by atoms with Gasteiger partial charge < -0.3 is 4.98 Å². The second-order valence-corrected chi connectivity index (χ2v) is 7.95.